The number of benzene rings is 2. The number of unbranched alkanes of at least 4 members (excludes halogenated alkanes) is 1. The van der Waals surface area contributed by atoms with Gasteiger partial charge >= 0.3 is 0 Å². The Kier molecular flexibility index (Phi) is 8.42. The third-order valence-electron chi connectivity index (χ3n) is 6.27. The molecule has 0 saturated carbocycles. The Morgan fingerprint density at radius 2 is 1.86 bits per heavy atom. The number of rotatable bonds is 10. The first-order valence-electron chi connectivity index (χ1n) is 12.1. The molecule has 1 unspecified atom stereocenters. The van der Waals surface area contributed by atoms with E-state index >= 15 is 0 Å². The Balaban J connectivity index is 1.67. The van der Waals surface area contributed by atoms with Crippen molar-refractivity contribution in [2.75, 3.05) is 13.7 Å². The zero-order chi connectivity index (χ0) is 24.8. The average molecular weight is 506 g/mol. The zero-order valence-corrected chi connectivity index (χ0v) is 22.1. The van der Waals surface area contributed by atoms with Crippen molar-refractivity contribution in [2.24, 2.45) is 5.92 Å². The molecule has 2 heterocycles. The van der Waals surface area contributed by atoms with Gasteiger partial charge in [-0.25, -0.2) is 4.68 Å². The van der Waals surface area contributed by atoms with Gasteiger partial charge in [0.2, 0.25) is 0 Å². The van der Waals surface area contributed by atoms with E-state index in [0.717, 1.165) is 47.5 Å². The molecule has 2 aromatic carbocycles. The van der Waals surface area contributed by atoms with Crippen molar-refractivity contribution >= 4 is 40.3 Å². The molecule has 3 aromatic rings. The minimum absolute atomic E-state index is 0.0110. The van der Waals surface area contributed by atoms with E-state index in [1.165, 1.54) is 18.2 Å². The summed E-state index contributed by atoms with van der Waals surface area (Å²) in [6.45, 7) is 5.07. The number of aromatic nitrogens is 2. The molecule has 35 heavy (non-hydrogen) atoms. The van der Waals surface area contributed by atoms with Crippen LogP contribution < -0.4 is 4.74 Å². The molecule has 7 heteroatoms. The van der Waals surface area contributed by atoms with Crippen molar-refractivity contribution < 1.29 is 9.53 Å². The third kappa shape index (κ3) is 5.85. The van der Waals surface area contributed by atoms with Gasteiger partial charge in [-0.1, -0.05) is 75.3 Å². The SMILES string of the molecule is CCCCC(CC)CN1C(=O)C(=Cc2cn(-c3ccccc3)nc2-c2ccc(OC)cc2)SC1=S. The first kappa shape index (κ1) is 25.2. The fourth-order valence-corrected chi connectivity index (χ4v) is 5.42. The number of nitrogens with zero attached hydrogens (tertiary/aromatic N) is 3. The van der Waals surface area contributed by atoms with Gasteiger partial charge in [-0.3, -0.25) is 9.69 Å². The first-order chi connectivity index (χ1) is 17.0. The van der Waals surface area contributed by atoms with Crippen molar-refractivity contribution in [3.05, 3.63) is 71.3 Å². The molecule has 0 aliphatic carbocycles. The summed E-state index contributed by atoms with van der Waals surface area (Å²) in [7, 11) is 1.65. The van der Waals surface area contributed by atoms with Gasteiger partial charge in [-0.2, -0.15) is 5.10 Å². The van der Waals surface area contributed by atoms with Gasteiger partial charge < -0.3 is 4.74 Å². The second-order valence-corrected chi connectivity index (χ2v) is 10.3. The van der Waals surface area contributed by atoms with E-state index < -0.39 is 0 Å². The maximum atomic E-state index is 13.4. The smallest absolute Gasteiger partial charge is 0.266 e. The zero-order valence-electron chi connectivity index (χ0n) is 20.4. The molecule has 5 nitrogen and oxygen atoms in total. The summed E-state index contributed by atoms with van der Waals surface area (Å²) in [5.74, 6) is 1.24. The standard InChI is InChI=1S/C28H31N3O2S2/c1-4-6-10-20(5-2)18-30-27(32)25(35-28(30)34)17-22-19-31(23-11-8-7-9-12-23)29-26(22)21-13-15-24(33-3)16-14-21/h7-9,11-17,19-20H,4-6,10,18H2,1-3H3. The fraction of sp³-hybridized carbons (Fsp3) is 0.321. The molecule has 0 N–H and O–H groups in total. The predicted molar refractivity (Wildman–Crippen MR) is 149 cm³/mol. The number of hydrogen-bond donors (Lipinski definition) is 0. The minimum Gasteiger partial charge on any atom is -0.497 e. The lowest BCUT2D eigenvalue weighted by atomic mass is 9.99. The second-order valence-electron chi connectivity index (χ2n) is 8.65. The van der Waals surface area contributed by atoms with Crippen molar-refractivity contribution in [3.8, 4) is 22.7 Å². The number of hydrogen-bond acceptors (Lipinski definition) is 5. The summed E-state index contributed by atoms with van der Waals surface area (Å²) in [4.78, 5) is 15.8. The van der Waals surface area contributed by atoms with Gasteiger partial charge in [0.05, 0.1) is 23.4 Å². The maximum Gasteiger partial charge on any atom is 0.266 e. The van der Waals surface area contributed by atoms with Crippen LogP contribution in [0, 0.1) is 5.92 Å². The van der Waals surface area contributed by atoms with Crippen LogP contribution in [0.4, 0.5) is 0 Å². The molecule has 1 fully saturated rings. The monoisotopic (exact) mass is 505 g/mol. The average Bonchev–Trinajstić information content (AvgIpc) is 3.43. The lowest BCUT2D eigenvalue weighted by molar-refractivity contribution is -0.122. The van der Waals surface area contributed by atoms with E-state index in [9.17, 15) is 4.79 Å². The molecule has 0 spiro atoms. The Morgan fingerprint density at radius 3 is 2.51 bits per heavy atom. The van der Waals surface area contributed by atoms with Gasteiger partial charge in [-0.05, 0) is 54.8 Å². The fourth-order valence-electron chi connectivity index (χ4n) is 4.15. The Hall–Kier alpha value is -2.90. The number of para-hydroxylation sites is 1. The van der Waals surface area contributed by atoms with Crippen LogP contribution in [0.5, 0.6) is 5.75 Å². The van der Waals surface area contributed by atoms with E-state index in [2.05, 4.69) is 13.8 Å². The molecule has 1 aliphatic rings. The number of carbonyl (C=O) groups excluding carboxylic acids is 1. The van der Waals surface area contributed by atoms with Crippen LogP contribution in [0.15, 0.2) is 65.7 Å². The quantitative estimate of drug-likeness (QED) is 0.220. The van der Waals surface area contributed by atoms with Gasteiger partial charge in [0.15, 0.2) is 0 Å². The topological polar surface area (TPSA) is 47.4 Å². The highest BCUT2D eigenvalue weighted by Crippen LogP contribution is 2.36. The van der Waals surface area contributed by atoms with Crippen LogP contribution in [0.3, 0.4) is 0 Å². The summed E-state index contributed by atoms with van der Waals surface area (Å²) >= 11 is 7.00. The molecular formula is C28H31N3O2S2. The van der Waals surface area contributed by atoms with E-state index in [0.29, 0.717) is 21.7 Å². The summed E-state index contributed by atoms with van der Waals surface area (Å²) in [5.41, 5.74) is 3.58. The van der Waals surface area contributed by atoms with Crippen LogP contribution in [-0.4, -0.2) is 38.6 Å². The summed E-state index contributed by atoms with van der Waals surface area (Å²) in [6.07, 6.45) is 8.40. The first-order valence-corrected chi connectivity index (χ1v) is 13.3. The Bertz CT molecular complexity index is 1200. The van der Waals surface area contributed by atoms with Gasteiger partial charge in [0.25, 0.3) is 5.91 Å². The van der Waals surface area contributed by atoms with Crippen LogP contribution >= 0.6 is 24.0 Å². The van der Waals surface area contributed by atoms with Gasteiger partial charge in [0, 0.05) is 23.9 Å². The second kappa shape index (κ2) is 11.7. The number of thiocarbonyl (C=S) groups is 1. The lowest BCUT2D eigenvalue weighted by Gasteiger charge is -2.21. The van der Waals surface area contributed by atoms with E-state index in [1.807, 2.05) is 71.6 Å². The summed E-state index contributed by atoms with van der Waals surface area (Å²) in [5, 5.41) is 4.87. The van der Waals surface area contributed by atoms with Crippen LogP contribution in [0.25, 0.3) is 23.0 Å². The van der Waals surface area contributed by atoms with E-state index in [-0.39, 0.29) is 5.91 Å². The maximum absolute atomic E-state index is 13.4. The van der Waals surface area contributed by atoms with E-state index in [4.69, 9.17) is 22.1 Å². The van der Waals surface area contributed by atoms with Gasteiger partial charge in [-0.15, -0.1) is 0 Å². The van der Waals surface area contributed by atoms with E-state index in [1.54, 1.807) is 12.0 Å². The molecule has 182 valence electrons. The predicted octanol–water partition coefficient (Wildman–Crippen LogP) is 6.97. The molecule has 1 atom stereocenters. The molecule has 4 rings (SSSR count). The number of amides is 1. The normalized spacial score (nSPS) is 15.7. The summed E-state index contributed by atoms with van der Waals surface area (Å²) < 4.78 is 7.80. The molecular weight excluding hydrogens is 474 g/mol. The van der Waals surface area contributed by atoms with Crippen molar-refractivity contribution in [1.29, 1.82) is 0 Å². The largest absolute Gasteiger partial charge is 0.497 e. The molecule has 0 radical (unpaired) electrons. The lowest BCUT2D eigenvalue weighted by Crippen LogP contribution is -2.33. The highest BCUT2D eigenvalue weighted by molar-refractivity contribution is 8.26. The molecule has 0 bridgehead atoms. The summed E-state index contributed by atoms with van der Waals surface area (Å²) in [6, 6.07) is 17.8. The van der Waals surface area contributed by atoms with Gasteiger partial charge in [0.1, 0.15) is 10.1 Å². The minimum atomic E-state index is -0.0110. The molecule has 1 amide bonds. The number of methoxy groups -OCH3 is 1. The van der Waals surface area contributed by atoms with Crippen molar-refractivity contribution in [2.45, 2.75) is 39.5 Å². The Labute approximate surface area is 217 Å². The Morgan fingerprint density at radius 1 is 1.11 bits per heavy atom. The van der Waals surface area contributed by atoms with Crippen LogP contribution in [0.2, 0.25) is 0 Å². The highest BCUT2D eigenvalue weighted by atomic mass is 32.2. The molecule has 1 aliphatic heterocycles. The third-order valence-corrected chi connectivity index (χ3v) is 7.65. The number of carbonyl (C=O) groups is 1. The number of ether oxygens (including phenoxy) is 1. The van der Waals surface area contributed by atoms with Crippen molar-refractivity contribution in [1.82, 2.24) is 14.7 Å². The highest BCUT2D eigenvalue weighted by Gasteiger charge is 2.33. The molecule has 1 aromatic heterocycles. The van der Waals surface area contributed by atoms with Crippen LogP contribution in [0.1, 0.15) is 45.1 Å². The molecule has 1 saturated heterocycles. The van der Waals surface area contributed by atoms with Crippen molar-refractivity contribution in [3.63, 3.8) is 0 Å². The van der Waals surface area contributed by atoms with Crippen LogP contribution in [-0.2, 0) is 4.79 Å². The number of thioether (sulfide) groups is 1.